The molecule has 98 valence electrons. The topological polar surface area (TPSA) is 79.5 Å². The van der Waals surface area contributed by atoms with Gasteiger partial charge in [-0.25, -0.2) is 0 Å². The Morgan fingerprint density at radius 1 is 1.11 bits per heavy atom. The molecule has 2 N–H and O–H groups in total. The molecule has 1 amide bonds. The van der Waals surface area contributed by atoms with E-state index >= 15 is 0 Å². The molecular weight excluding hydrogens is 246 g/mol. The summed E-state index contributed by atoms with van der Waals surface area (Å²) in [5.41, 5.74) is 1.47. The van der Waals surface area contributed by atoms with Crippen LogP contribution in [0.2, 0.25) is 0 Å². The molecule has 0 aliphatic rings. The Labute approximate surface area is 109 Å². The van der Waals surface area contributed by atoms with Gasteiger partial charge in [0.2, 0.25) is 0 Å². The Bertz CT molecular complexity index is 575. The number of amides is 1. The van der Waals surface area contributed by atoms with Gasteiger partial charge in [0.15, 0.2) is 5.76 Å². The monoisotopic (exact) mass is 259 g/mol. The molecule has 1 heterocycles. The normalized spacial score (nSPS) is 10.1. The zero-order valence-corrected chi connectivity index (χ0v) is 10.1. The highest BCUT2D eigenvalue weighted by molar-refractivity contribution is 5.91. The number of furan rings is 1. The molecule has 5 nitrogen and oxygen atoms in total. The third kappa shape index (κ3) is 3.45. The van der Waals surface area contributed by atoms with E-state index in [1.165, 1.54) is 6.26 Å². The summed E-state index contributed by atoms with van der Waals surface area (Å²) < 4.78 is 4.97. The standard InChI is InChI=1S/C14H13NO4/c16-13(17)8-10-4-1-2-5-11(10)9-15-14(18)12-6-3-7-19-12/h1-7H,8-9H2,(H,15,18)(H,16,17). The first kappa shape index (κ1) is 12.9. The van der Waals surface area contributed by atoms with Gasteiger partial charge in [0, 0.05) is 6.54 Å². The number of carbonyl (C=O) groups excluding carboxylic acids is 1. The van der Waals surface area contributed by atoms with Gasteiger partial charge in [0.25, 0.3) is 5.91 Å². The summed E-state index contributed by atoms with van der Waals surface area (Å²) in [6, 6.07) is 10.3. The zero-order chi connectivity index (χ0) is 13.7. The summed E-state index contributed by atoms with van der Waals surface area (Å²) in [4.78, 5) is 22.4. The number of nitrogens with one attached hydrogen (secondary N) is 1. The fourth-order valence-corrected chi connectivity index (χ4v) is 1.74. The van der Waals surface area contributed by atoms with E-state index in [0.29, 0.717) is 5.56 Å². The molecule has 0 saturated heterocycles. The number of carbonyl (C=O) groups is 2. The highest BCUT2D eigenvalue weighted by Crippen LogP contribution is 2.10. The Morgan fingerprint density at radius 2 is 1.84 bits per heavy atom. The second-order valence-electron chi connectivity index (χ2n) is 4.00. The van der Waals surface area contributed by atoms with Gasteiger partial charge in [0.05, 0.1) is 12.7 Å². The maximum atomic E-state index is 11.7. The minimum Gasteiger partial charge on any atom is -0.481 e. The van der Waals surface area contributed by atoms with Crippen LogP contribution in [0.25, 0.3) is 0 Å². The van der Waals surface area contributed by atoms with Gasteiger partial charge in [-0.15, -0.1) is 0 Å². The zero-order valence-electron chi connectivity index (χ0n) is 10.1. The molecule has 0 saturated carbocycles. The maximum Gasteiger partial charge on any atom is 0.307 e. The molecule has 0 unspecified atom stereocenters. The lowest BCUT2D eigenvalue weighted by Gasteiger charge is -2.08. The summed E-state index contributed by atoms with van der Waals surface area (Å²) in [7, 11) is 0. The van der Waals surface area contributed by atoms with E-state index in [9.17, 15) is 9.59 Å². The van der Waals surface area contributed by atoms with Crippen LogP contribution < -0.4 is 5.32 Å². The van der Waals surface area contributed by atoms with Gasteiger partial charge in [-0.05, 0) is 23.3 Å². The van der Waals surface area contributed by atoms with E-state index in [0.717, 1.165) is 5.56 Å². The van der Waals surface area contributed by atoms with E-state index in [2.05, 4.69) is 5.32 Å². The largest absolute Gasteiger partial charge is 0.481 e. The van der Waals surface area contributed by atoms with E-state index < -0.39 is 5.97 Å². The van der Waals surface area contributed by atoms with Crippen LogP contribution in [0.15, 0.2) is 47.1 Å². The van der Waals surface area contributed by atoms with Gasteiger partial charge < -0.3 is 14.8 Å². The van der Waals surface area contributed by atoms with E-state index in [-0.39, 0.29) is 24.6 Å². The fraction of sp³-hybridized carbons (Fsp3) is 0.143. The molecule has 0 bridgehead atoms. The lowest BCUT2D eigenvalue weighted by Crippen LogP contribution is -2.23. The number of carboxylic acids is 1. The molecule has 1 aromatic carbocycles. The van der Waals surface area contributed by atoms with E-state index in [1.807, 2.05) is 0 Å². The van der Waals surface area contributed by atoms with Crippen LogP contribution in [-0.4, -0.2) is 17.0 Å². The smallest absolute Gasteiger partial charge is 0.307 e. The SMILES string of the molecule is O=C(O)Cc1ccccc1CNC(=O)c1ccco1. The number of hydrogen-bond acceptors (Lipinski definition) is 3. The first-order chi connectivity index (χ1) is 9.16. The lowest BCUT2D eigenvalue weighted by molar-refractivity contribution is -0.136. The Hall–Kier alpha value is -2.56. The highest BCUT2D eigenvalue weighted by atomic mass is 16.4. The van der Waals surface area contributed by atoms with Crippen LogP contribution in [0.1, 0.15) is 21.7 Å². The molecule has 2 aromatic rings. The average molecular weight is 259 g/mol. The van der Waals surface area contributed by atoms with E-state index in [1.54, 1.807) is 36.4 Å². The summed E-state index contributed by atoms with van der Waals surface area (Å²) in [5.74, 6) is -0.990. The minimum absolute atomic E-state index is 0.0627. The molecule has 0 aliphatic heterocycles. The van der Waals surface area contributed by atoms with Gasteiger partial charge in [-0.1, -0.05) is 24.3 Å². The van der Waals surface area contributed by atoms with Crippen LogP contribution in [-0.2, 0) is 17.8 Å². The summed E-state index contributed by atoms with van der Waals surface area (Å²) in [6.07, 6.45) is 1.36. The Morgan fingerprint density at radius 3 is 2.47 bits per heavy atom. The second-order valence-corrected chi connectivity index (χ2v) is 4.00. The highest BCUT2D eigenvalue weighted by Gasteiger charge is 2.10. The minimum atomic E-state index is -0.898. The summed E-state index contributed by atoms with van der Waals surface area (Å²) >= 11 is 0. The molecule has 5 heteroatoms. The predicted molar refractivity (Wildman–Crippen MR) is 67.7 cm³/mol. The Balaban J connectivity index is 2.03. The maximum absolute atomic E-state index is 11.7. The van der Waals surface area contributed by atoms with Crippen molar-refractivity contribution in [1.29, 1.82) is 0 Å². The van der Waals surface area contributed by atoms with Gasteiger partial charge in [0.1, 0.15) is 0 Å². The molecule has 0 aliphatic carbocycles. The quantitative estimate of drug-likeness (QED) is 0.858. The second kappa shape index (κ2) is 5.86. The fourth-order valence-electron chi connectivity index (χ4n) is 1.74. The number of aliphatic carboxylic acids is 1. The number of carboxylic acid groups (broad SMARTS) is 1. The molecule has 0 spiro atoms. The summed E-state index contributed by atoms with van der Waals surface area (Å²) in [6.45, 7) is 0.267. The van der Waals surface area contributed by atoms with Gasteiger partial charge in [-0.2, -0.15) is 0 Å². The summed E-state index contributed by atoms with van der Waals surface area (Å²) in [5, 5.41) is 11.5. The van der Waals surface area contributed by atoms with E-state index in [4.69, 9.17) is 9.52 Å². The van der Waals surface area contributed by atoms with Crippen LogP contribution in [0.4, 0.5) is 0 Å². The van der Waals surface area contributed by atoms with Crippen molar-refractivity contribution >= 4 is 11.9 Å². The molecule has 0 atom stereocenters. The molecule has 2 rings (SSSR count). The van der Waals surface area contributed by atoms with Gasteiger partial charge >= 0.3 is 5.97 Å². The third-order valence-corrected chi connectivity index (χ3v) is 2.64. The van der Waals surface area contributed by atoms with Gasteiger partial charge in [-0.3, -0.25) is 9.59 Å². The van der Waals surface area contributed by atoms with Crippen molar-refractivity contribution in [3.05, 3.63) is 59.5 Å². The average Bonchev–Trinajstić information content (AvgIpc) is 2.90. The number of rotatable bonds is 5. The Kier molecular flexibility index (Phi) is 3.97. The molecule has 0 radical (unpaired) electrons. The molecule has 19 heavy (non-hydrogen) atoms. The van der Waals surface area contributed by atoms with Crippen LogP contribution in [0.5, 0.6) is 0 Å². The van der Waals surface area contributed by atoms with Crippen molar-refractivity contribution in [1.82, 2.24) is 5.32 Å². The number of hydrogen-bond donors (Lipinski definition) is 2. The van der Waals surface area contributed by atoms with Crippen LogP contribution >= 0.6 is 0 Å². The lowest BCUT2D eigenvalue weighted by atomic mass is 10.0. The van der Waals surface area contributed by atoms with Crippen LogP contribution in [0, 0.1) is 0 Å². The third-order valence-electron chi connectivity index (χ3n) is 2.64. The van der Waals surface area contributed by atoms with Crippen molar-refractivity contribution in [2.24, 2.45) is 0 Å². The van der Waals surface area contributed by atoms with Crippen LogP contribution in [0.3, 0.4) is 0 Å². The molecular formula is C14H13NO4. The van der Waals surface area contributed by atoms with Crippen molar-refractivity contribution in [3.8, 4) is 0 Å². The first-order valence-electron chi connectivity index (χ1n) is 5.77. The molecule has 0 fully saturated rings. The van der Waals surface area contributed by atoms with Crippen molar-refractivity contribution < 1.29 is 19.1 Å². The molecule has 1 aromatic heterocycles. The first-order valence-corrected chi connectivity index (χ1v) is 5.77. The van der Waals surface area contributed by atoms with Crippen molar-refractivity contribution in [2.45, 2.75) is 13.0 Å². The van der Waals surface area contributed by atoms with Crippen molar-refractivity contribution in [3.63, 3.8) is 0 Å². The number of benzene rings is 1. The predicted octanol–water partition coefficient (Wildman–Crippen LogP) is 1.84. The van der Waals surface area contributed by atoms with Crippen molar-refractivity contribution in [2.75, 3.05) is 0 Å².